The van der Waals surface area contributed by atoms with Gasteiger partial charge in [0.1, 0.15) is 4.90 Å². The molecule has 114 valence electrons. The zero-order valence-electron chi connectivity index (χ0n) is 11.9. The Labute approximate surface area is 119 Å². The highest BCUT2D eigenvalue weighted by Gasteiger charge is 2.28. The van der Waals surface area contributed by atoms with Crippen molar-refractivity contribution >= 4 is 10.0 Å². The summed E-state index contributed by atoms with van der Waals surface area (Å²) in [5.74, 6) is 0.382. The van der Waals surface area contributed by atoms with Crippen molar-refractivity contribution in [1.29, 1.82) is 0 Å². The molecule has 1 aromatic rings. The Hall–Kier alpha value is -0.960. The smallest absolute Gasteiger partial charge is 0.245 e. The summed E-state index contributed by atoms with van der Waals surface area (Å²) in [6, 6.07) is 0. The quantitative estimate of drug-likeness (QED) is 0.763. The first-order chi connectivity index (χ1) is 9.43. The molecule has 1 aromatic heterocycles. The van der Waals surface area contributed by atoms with E-state index in [1.807, 2.05) is 7.05 Å². The van der Waals surface area contributed by atoms with Crippen molar-refractivity contribution in [1.82, 2.24) is 19.0 Å². The van der Waals surface area contributed by atoms with Crippen LogP contribution in [0.2, 0.25) is 0 Å². The molecule has 2 heterocycles. The van der Waals surface area contributed by atoms with Gasteiger partial charge in [0.05, 0.1) is 19.3 Å². The molecule has 7 nitrogen and oxygen atoms in total. The van der Waals surface area contributed by atoms with Crippen LogP contribution in [0.4, 0.5) is 0 Å². The van der Waals surface area contributed by atoms with Crippen LogP contribution in [0.3, 0.4) is 0 Å². The van der Waals surface area contributed by atoms with E-state index in [2.05, 4.69) is 10.00 Å². The largest absolute Gasteiger partial charge is 0.394 e. The van der Waals surface area contributed by atoms with Gasteiger partial charge in [-0.15, -0.1) is 0 Å². The van der Waals surface area contributed by atoms with Gasteiger partial charge in [0, 0.05) is 26.3 Å². The van der Waals surface area contributed by atoms with Crippen LogP contribution < -0.4 is 0 Å². The Kier molecular flexibility index (Phi) is 4.79. The molecule has 1 unspecified atom stereocenters. The standard InChI is InChI=1S/C12H22N4O3S/c1-14-4-3-11(8-14)9-15(2)20(18,19)12-7-13-16(10-12)5-6-17/h7,10-11,17H,3-6,8-9H2,1-2H3. The van der Waals surface area contributed by atoms with Gasteiger partial charge in [-0.3, -0.25) is 4.68 Å². The Morgan fingerprint density at radius 3 is 2.90 bits per heavy atom. The van der Waals surface area contributed by atoms with Gasteiger partial charge in [0.2, 0.25) is 10.0 Å². The van der Waals surface area contributed by atoms with Crippen molar-refractivity contribution in [3.05, 3.63) is 12.4 Å². The molecule has 0 saturated carbocycles. The maximum atomic E-state index is 12.4. The minimum atomic E-state index is -3.49. The molecule has 0 aliphatic carbocycles. The number of likely N-dealkylation sites (tertiary alicyclic amines) is 1. The lowest BCUT2D eigenvalue weighted by Crippen LogP contribution is -2.32. The Balaban J connectivity index is 2.04. The van der Waals surface area contributed by atoms with Gasteiger partial charge in [-0.05, 0) is 25.9 Å². The molecule has 0 radical (unpaired) electrons. The summed E-state index contributed by atoms with van der Waals surface area (Å²) in [5, 5.41) is 12.8. The number of hydrogen-bond donors (Lipinski definition) is 1. The number of aliphatic hydroxyl groups is 1. The van der Waals surface area contributed by atoms with Crippen LogP contribution in [0.15, 0.2) is 17.3 Å². The molecular formula is C12H22N4O3S. The Bertz CT molecular complexity index is 543. The summed E-state index contributed by atoms with van der Waals surface area (Å²) in [7, 11) is 0.166. The first-order valence-electron chi connectivity index (χ1n) is 6.71. The zero-order chi connectivity index (χ0) is 14.8. The summed E-state index contributed by atoms with van der Waals surface area (Å²) in [4.78, 5) is 2.39. The van der Waals surface area contributed by atoms with Crippen molar-refractivity contribution < 1.29 is 13.5 Å². The predicted octanol–water partition coefficient (Wildman–Crippen LogP) is -0.552. The fraction of sp³-hybridized carbons (Fsp3) is 0.750. The van der Waals surface area contributed by atoms with E-state index in [-0.39, 0.29) is 11.5 Å². The average molecular weight is 302 g/mol. The van der Waals surface area contributed by atoms with E-state index in [1.54, 1.807) is 7.05 Å². The van der Waals surface area contributed by atoms with Gasteiger partial charge >= 0.3 is 0 Å². The molecule has 0 spiro atoms. The lowest BCUT2D eigenvalue weighted by molar-refractivity contribution is 0.269. The van der Waals surface area contributed by atoms with Crippen LogP contribution in [-0.4, -0.2) is 72.8 Å². The molecular weight excluding hydrogens is 280 g/mol. The second-order valence-electron chi connectivity index (χ2n) is 5.37. The SMILES string of the molecule is CN1CCC(CN(C)S(=O)(=O)c2cnn(CCO)c2)C1. The summed E-state index contributed by atoms with van der Waals surface area (Å²) in [6.45, 7) is 2.71. The maximum absolute atomic E-state index is 12.4. The molecule has 1 N–H and O–H groups in total. The van der Waals surface area contributed by atoms with E-state index in [4.69, 9.17) is 5.11 Å². The van der Waals surface area contributed by atoms with Crippen LogP contribution in [0, 0.1) is 5.92 Å². The first kappa shape index (κ1) is 15.4. The summed E-state index contributed by atoms with van der Waals surface area (Å²) in [6.07, 6.45) is 3.82. The zero-order valence-corrected chi connectivity index (χ0v) is 12.8. The topological polar surface area (TPSA) is 78.7 Å². The normalized spacial score (nSPS) is 20.9. The van der Waals surface area contributed by atoms with Crippen LogP contribution in [0.5, 0.6) is 0 Å². The summed E-state index contributed by atoms with van der Waals surface area (Å²) in [5.41, 5.74) is 0. The highest BCUT2D eigenvalue weighted by atomic mass is 32.2. The predicted molar refractivity (Wildman–Crippen MR) is 74.7 cm³/mol. The van der Waals surface area contributed by atoms with Crippen LogP contribution >= 0.6 is 0 Å². The molecule has 8 heteroatoms. The summed E-state index contributed by atoms with van der Waals surface area (Å²) < 4.78 is 27.7. The van der Waals surface area contributed by atoms with E-state index >= 15 is 0 Å². The molecule has 1 aliphatic heterocycles. The fourth-order valence-electron chi connectivity index (χ4n) is 2.52. The molecule has 2 rings (SSSR count). The first-order valence-corrected chi connectivity index (χ1v) is 8.15. The molecule has 1 atom stereocenters. The lowest BCUT2D eigenvalue weighted by Gasteiger charge is -2.20. The van der Waals surface area contributed by atoms with Gasteiger partial charge in [-0.2, -0.15) is 5.10 Å². The number of hydrogen-bond acceptors (Lipinski definition) is 5. The van der Waals surface area contributed by atoms with E-state index in [1.165, 1.54) is 21.4 Å². The molecule has 1 saturated heterocycles. The molecule has 1 aliphatic rings. The van der Waals surface area contributed by atoms with Gasteiger partial charge in [-0.1, -0.05) is 0 Å². The van der Waals surface area contributed by atoms with Crippen LogP contribution in [-0.2, 0) is 16.6 Å². The number of aromatic nitrogens is 2. The van der Waals surface area contributed by atoms with Crippen molar-refractivity contribution in [2.24, 2.45) is 5.92 Å². The molecule has 0 amide bonds. The third-order valence-electron chi connectivity index (χ3n) is 3.65. The summed E-state index contributed by atoms with van der Waals surface area (Å²) >= 11 is 0. The second-order valence-corrected chi connectivity index (χ2v) is 7.41. The minimum Gasteiger partial charge on any atom is -0.394 e. The fourth-order valence-corrected chi connectivity index (χ4v) is 3.72. The van der Waals surface area contributed by atoms with Crippen LogP contribution in [0.1, 0.15) is 6.42 Å². The van der Waals surface area contributed by atoms with Crippen LogP contribution in [0.25, 0.3) is 0 Å². The average Bonchev–Trinajstić information content (AvgIpc) is 2.99. The van der Waals surface area contributed by atoms with Crippen molar-refractivity contribution in [3.63, 3.8) is 0 Å². The van der Waals surface area contributed by atoms with E-state index in [0.29, 0.717) is 19.0 Å². The number of sulfonamides is 1. The van der Waals surface area contributed by atoms with Gasteiger partial charge < -0.3 is 10.0 Å². The van der Waals surface area contributed by atoms with E-state index in [0.717, 1.165) is 19.5 Å². The molecule has 0 bridgehead atoms. The Morgan fingerprint density at radius 2 is 2.30 bits per heavy atom. The lowest BCUT2D eigenvalue weighted by atomic mass is 10.1. The highest BCUT2D eigenvalue weighted by Crippen LogP contribution is 2.19. The maximum Gasteiger partial charge on any atom is 0.245 e. The Morgan fingerprint density at radius 1 is 1.55 bits per heavy atom. The van der Waals surface area contributed by atoms with E-state index in [9.17, 15) is 8.42 Å². The molecule has 1 fully saturated rings. The van der Waals surface area contributed by atoms with Gasteiger partial charge in [-0.25, -0.2) is 12.7 Å². The molecule has 20 heavy (non-hydrogen) atoms. The van der Waals surface area contributed by atoms with Crippen molar-refractivity contribution in [2.75, 3.05) is 40.3 Å². The van der Waals surface area contributed by atoms with Crippen molar-refractivity contribution in [3.8, 4) is 0 Å². The van der Waals surface area contributed by atoms with Gasteiger partial charge in [0.25, 0.3) is 0 Å². The number of rotatable bonds is 6. The van der Waals surface area contributed by atoms with Gasteiger partial charge in [0.15, 0.2) is 0 Å². The number of aliphatic hydroxyl groups excluding tert-OH is 1. The monoisotopic (exact) mass is 302 g/mol. The third-order valence-corrected chi connectivity index (χ3v) is 5.43. The molecule has 0 aromatic carbocycles. The second kappa shape index (κ2) is 6.21. The van der Waals surface area contributed by atoms with Crippen molar-refractivity contribution in [2.45, 2.75) is 17.9 Å². The van der Waals surface area contributed by atoms with E-state index < -0.39 is 10.0 Å². The number of nitrogens with zero attached hydrogens (tertiary/aromatic N) is 4. The minimum absolute atomic E-state index is 0.0641. The third kappa shape index (κ3) is 3.38. The highest BCUT2D eigenvalue weighted by molar-refractivity contribution is 7.89.